The van der Waals surface area contributed by atoms with Gasteiger partial charge in [0.2, 0.25) is 0 Å². The maximum absolute atomic E-state index is 5.45. The third-order valence-electron chi connectivity index (χ3n) is 2.93. The van der Waals surface area contributed by atoms with E-state index < -0.39 is 0 Å². The van der Waals surface area contributed by atoms with Gasteiger partial charge in [-0.2, -0.15) is 0 Å². The van der Waals surface area contributed by atoms with Crippen molar-refractivity contribution < 1.29 is 14.2 Å². The average molecular weight is 237 g/mol. The predicted octanol–water partition coefficient (Wildman–Crippen LogP) is 2.29. The van der Waals surface area contributed by atoms with Gasteiger partial charge in [0, 0.05) is 18.7 Å². The van der Waals surface area contributed by atoms with Gasteiger partial charge < -0.3 is 19.5 Å². The molecule has 1 heterocycles. The number of anilines is 1. The largest absolute Gasteiger partial charge is 0.497 e. The molecule has 4 heteroatoms. The highest BCUT2D eigenvalue weighted by atomic mass is 16.5. The third-order valence-corrected chi connectivity index (χ3v) is 2.93. The zero-order chi connectivity index (χ0) is 12.1. The van der Waals surface area contributed by atoms with Crippen LogP contribution in [0, 0.1) is 0 Å². The van der Waals surface area contributed by atoms with Crippen LogP contribution in [0.5, 0.6) is 11.5 Å². The lowest BCUT2D eigenvalue weighted by molar-refractivity contribution is 0.0875. The fraction of sp³-hybridized carbons (Fsp3) is 0.538. The van der Waals surface area contributed by atoms with Gasteiger partial charge in [-0.1, -0.05) is 0 Å². The standard InChI is InChI=1S/C13H19NO3/c1-15-11-5-6-13(16-2)12(8-11)14-10-4-3-7-17-9-10/h5-6,8,10,14H,3-4,7,9H2,1-2H3. The highest BCUT2D eigenvalue weighted by Crippen LogP contribution is 2.30. The second-order valence-electron chi connectivity index (χ2n) is 4.12. The molecule has 1 saturated heterocycles. The number of nitrogens with one attached hydrogen (secondary N) is 1. The second-order valence-corrected chi connectivity index (χ2v) is 4.12. The molecule has 1 atom stereocenters. The van der Waals surface area contributed by atoms with Crippen LogP contribution >= 0.6 is 0 Å². The van der Waals surface area contributed by atoms with Crippen molar-refractivity contribution in [3.8, 4) is 11.5 Å². The summed E-state index contributed by atoms with van der Waals surface area (Å²) in [7, 11) is 3.33. The van der Waals surface area contributed by atoms with Crippen molar-refractivity contribution in [1.82, 2.24) is 0 Å². The SMILES string of the molecule is COc1ccc(OC)c(NC2CCCOC2)c1. The van der Waals surface area contributed by atoms with Crippen molar-refractivity contribution in [1.29, 1.82) is 0 Å². The molecule has 4 nitrogen and oxygen atoms in total. The van der Waals surface area contributed by atoms with E-state index in [1.807, 2.05) is 18.2 Å². The quantitative estimate of drug-likeness (QED) is 0.872. The van der Waals surface area contributed by atoms with Crippen LogP contribution in [0.4, 0.5) is 5.69 Å². The normalized spacial score (nSPS) is 19.8. The molecule has 0 aromatic heterocycles. The van der Waals surface area contributed by atoms with Crippen LogP contribution in [0.15, 0.2) is 18.2 Å². The van der Waals surface area contributed by atoms with Crippen LogP contribution in [0.3, 0.4) is 0 Å². The minimum absolute atomic E-state index is 0.352. The number of ether oxygens (including phenoxy) is 3. The summed E-state index contributed by atoms with van der Waals surface area (Å²) in [5.74, 6) is 1.65. The van der Waals surface area contributed by atoms with Gasteiger partial charge >= 0.3 is 0 Å². The molecule has 1 unspecified atom stereocenters. The summed E-state index contributed by atoms with van der Waals surface area (Å²) in [4.78, 5) is 0. The number of methoxy groups -OCH3 is 2. The van der Waals surface area contributed by atoms with Gasteiger partial charge in [0.05, 0.1) is 26.5 Å². The second kappa shape index (κ2) is 5.77. The van der Waals surface area contributed by atoms with E-state index in [0.717, 1.165) is 43.2 Å². The first-order valence-corrected chi connectivity index (χ1v) is 5.90. The van der Waals surface area contributed by atoms with Crippen LogP contribution in [0.1, 0.15) is 12.8 Å². The summed E-state index contributed by atoms with van der Waals surface area (Å²) >= 11 is 0. The van der Waals surface area contributed by atoms with E-state index in [4.69, 9.17) is 14.2 Å². The van der Waals surface area contributed by atoms with Gasteiger partial charge in [0.25, 0.3) is 0 Å². The maximum Gasteiger partial charge on any atom is 0.142 e. The smallest absolute Gasteiger partial charge is 0.142 e. The molecule has 1 aromatic carbocycles. The average Bonchev–Trinajstić information content (AvgIpc) is 2.40. The zero-order valence-electron chi connectivity index (χ0n) is 10.4. The highest BCUT2D eigenvalue weighted by molar-refractivity contribution is 5.60. The molecule has 1 aromatic rings. The number of hydrogen-bond acceptors (Lipinski definition) is 4. The Hall–Kier alpha value is -1.42. The van der Waals surface area contributed by atoms with Gasteiger partial charge in [0.15, 0.2) is 0 Å². The maximum atomic E-state index is 5.45. The van der Waals surface area contributed by atoms with E-state index in [0.29, 0.717) is 6.04 Å². The molecule has 1 aliphatic heterocycles. The molecular formula is C13H19NO3. The Bertz CT molecular complexity index is 362. The van der Waals surface area contributed by atoms with E-state index in [1.54, 1.807) is 14.2 Å². The van der Waals surface area contributed by atoms with E-state index >= 15 is 0 Å². The van der Waals surface area contributed by atoms with Crippen molar-refractivity contribution in [3.63, 3.8) is 0 Å². The Balaban J connectivity index is 2.11. The molecule has 2 rings (SSSR count). The monoisotopic (exact) mass is 237 g/mol. The molecule has 1 N–H and O–H groups in total. The molecular weight excluding hydrogens is 218 g/mol. The van der Waals surface area contributed by atoms with Gasteiger partial charge in [-0.15, -0.1) is 0 Å². The van der Waals surface area contributed by atoms with Crippen molar-refractivity contribution in [2.45, 2.75) is 18.9 Å². The Morgan fingerprint density at radius 1 is 1.29 bits per heavy atom. The van der Waals surface area contributed by atoms with E-state index in [-0.39, 0.29) is 0 Å². The van der Waals surface area contributed by atoms with Crippen molar-refractivity contribution in [3.05, 3.63) is 18.2 Å². The molecule has 1 fully saturated rings. The lowest BCUT2D eigenvalue weighted by atomic mass is 10.1. The fourth-order valence-electron chi connectivity index (χ4n) is 2.00. The summed E-state index contributed by atoms with van der Waals surface area (Å²) < 4.78 is 16.0. The van der Waals surface area contributed by atoms with E-state index in [9.17, 15) is 0 Å². The first-order chi connectivity index (χ1) is 8.33. The third kappa shape index (κ3) is 3.03. The lowest BCUT2D eigenvalue weighted by Crippen LogP contribution is -2.30. The van der Waals surface area contributed by atoms with Crippen LogP contribution in [0.25, 0.3) is 0 Å². The molecule has 1 aliphatic rings. The summed E-state index contributed by atoms with van der Waals surface area (Å²) in [6.07, 6.45) is 2.23. The number of benzene rings is 1. The van der Waals surface area contributed by atoms with Crippen molar-refractivity contribution >= 4 is 5.69 Å². The first-order valence-electron chi connectivity index (χ1n) is 5.90. The lowest BCUT2D eigenvalue weighted by Gasteiger charge is -2.25. The zero-order valence-corrected chi connectivity index (χ0v) is 10.4. The summed E-state index contributed by atoms with van der Waals surface area (Å²) in [5, 5.41) is 3.45. The number of rotatable bonds is 4. The molecule has 0 aliphatic carbocycles. The molecule has 0 spiro atoms. The van der Waals surface area contributed by atoms with Crippen molar-refractivity contribution in [2.75, 3.05) is 32.8 Å². The topological polar surface area (TPSA) is 39.7 Å². The minimum atomic E-state index is 0.352. The Morgan fingerprint density at radius 2 is 2.18 bits per heavy atom. The van der Waals surface area contributed by atoms with Gasteiger partial charge in [-0.25, -0.2) is 0 Å². The number of hydrogen-bond donors (Lipinski definition) is 1. The van der Waals surface area contributed by atoms with Crippen molar-refractivity contribution in [2.24, 2.45) is 0 Å². The molecule has 94 valence electrons. The Labute approximate surface area is 102 Å². The fourth-order valence-corrected chi connectivity index (χ4v) is 2.00. The van der Waals surface area contributed by atoms with Gasteiger partial charge in [-0.05, 0) is 25.0 Å². The molecule has 0 saturated carbocycles. The summed E-state index contributed by atoms with van der Waals surface area (Å²) in [6.45, 7) is 1.62. The van der Waals surface area contributed by atoms with Crippen LogP contribution in [-0.4, -0.2) is 33.5 Å². The molecule has 0 bridgehead atoms. The first kappa shape index (κ1) is 12.0. The van der Waals surface area contributed by atoms with Crippen LogP contribution < -0.4 is 14.8 Å². The molecule has 0 amide bonds. The Morgan fingerprint density at radius 3 is 2.82 bits per heavy atom. The Kier molecular flexibility index (Phi) is 4.09. The van der Waals surface area contributed by atoms with Gasteiger partial charge in [-0.3, -0.25) is 0 Å². The minimum Gasteiger partial charge on any atom is -0.497 e. The highest BCUT2D eigenvalue weighted by Gasteiger charge is 2.15. The van der Waals surface area contributed by atoms with E-state index in [1.165, 1.54) is 0 Å². The molecule has 0 radical (unpaired) electrons. The summed E-state index contributed by atoms with van der Waals surface area (Å²) in [5.41, 5.74) is 0.961. The van der Waals surface area contributed by atoms with Gasteiger partial charge in [0.1, 0.15) is 11.5 Å². The predicted molar refractivity (Wildman–Crippen MR) is 67.0 cm³/mol. The molecule has 17 heavy (non-hydrogen) atoms. The van der Waals surface area contributed by atoms with Crippen LogP contribution in [-0.2, 0) is 4.74 Å². The van der Waals surface area contributed by atoms with Crippen LogP contribution in [0.2, 0.25) is 0 Å². The van der Waals surface area contributed by atoms with E-state index in [2.05, 4.69) is 5.32 Å². The summed E-state index contributed by atoms with van der Waals surface area (Å²) in [6, 6.07) is 6.10.